The molecular weight excluding hydrogens is 209 g/mol. The molecule has 5 heteroatoms. The lowest BCUT2D eigenvalue weighted by Crippen LogP contribution is -2.15. The van der Waals surface area contributed by atoms with Crippen LogP contribution in [-0.4, -0.2) is 11.5 Å². The Balaban J connectivity index is 0.00000144. The van der Waals surface area contributed by atoms with Crippen LogP contribution in [0.25, 0.3) is 0 Å². The molecule has 0 aliphatic heterocycles. The molecule has 0 amide bonds. The van der Waals surface area contributed by atoms with Crippen LogP contribution >= 0.6 is 24.0 Å². The van der Waals surface area contributed by atoms with Gasteiger partial charge in [-0.25, -0.2) is 4.98 Å². The van der Waals surface area contributed by atoms with E-state index in [1.165, 1.54) is 0 Å². The van der Waals surface area contributed by atoms with Gasteiger partial charge in [0.25, 0.3) is 0 Å². The van der Waals surface area contributed by atoms with Gasteiger partial charge in [0.1, 0.15) is 5.15 Å². The Bertz CT molecular complexity index is 238. The highest BCUT2D eigenvalue weighted by molar-refractivity contribution is 6.29. The van der Waals surface area contributed by atoms with Crippen LogP contribution < -0.4 is 11.5 Å². The molecule has 4 N–H and O–H groups in total. The first kappa shape index (κ1) is 12.7. The van der Waals surface area contributed by atoms with Gasteiger partial charge in [-0.3, -0.25) is 0 Å². The molecule has 0 fully saturated rings. The number of aromatic nitrogens is 1. The second kappa shape index (κ2) is 6.16. The van der Waals surface area contributed by atoms with E-state index >= 15 is 0 Å². The number of hydrogen-bond acceptors (Lipinski definition) is 3. The first-order chi connectivity index (χ1) is 5.74. The fourth-order valence-corrected chi connectivity index (χ4v) is 1.06. The highest BCUT2D eigenvalue weighted by Gasteiger charge is 2.03. The van der Waals surface area contributed by atoms with E-state index in [9.17, 15) is 0 Å². The number of rotatable bonds is 3. The Labute approximate surface area is 88.9 Å². The average Bonchev–Trinajstić information content (AvgIpc) is 2.06. The van der Waals surface area contributed by atoms with Crippen LogP contribution in [-0.2, 0) is 0 Å². The molecule has 0 bridgehead atoms. The van der Waals surface area contributed by atoms with Gasteiger partial charge in [-0.2, -0.15) is 0 Å². The molecule has 0 saturated heterocycles. The van der Waals surface area contributed by atoms with Crippen molar-refractivity contribution in [1.29, 1.82) is 0 Å². The van der Waals surface area contributed by atoms with Crippen LogP contribution in [0.15, 0.2) is 18.3 Å². The molecule has 0 aromatic carbocycles. The van der Waals surface area contributed by atoms with Crippen LogP contribution in [0.5, 0.6) is 0 Å². The average molecular weight is 222 g/mol. The maximum absolute atomic E-state index is 5.79. The van der Waals surface area contributed by atoms with Gasteiger partial charge in [0, 0.05) is 12.2 Å². The van der Waals surface area contributed by atoms with Gasteiger partial charge in [0.15, 0.2) is 0 Å². The molecule has 3 nitrogen and oxygen atoms in total. The first-order valence-electron chi connectivity index (χ1n) is 3.81. The quantitative estimate of drug-likeness (QED) is 0.761. The fourth-order valence-electron chi connectivity index (χ4n) is 0.953. The van der Waals surface area contributed by atoms with E-state index in [0.717, 1.165) is 12.0 Å². The van der Waals surface area contributed by atoms with Crippen molar-refractivity contribution in [2.45, 2.75) is 12.5 Å². The Kier molecular flexibility index (Phi) is 5.99. The Hall–Kier alpha value is -0.350. The standard InChI is InChI=1S/C8H12ClN3.ClH/c9-8-2-1-6(5-12-8)7(11)3-4-10;/h1-2,5,7H,3-4,10-11H2;1H/t7-;/m1./s1. The number of nitrogens with two attached hydrogens (primary N) is 2. The molecule has 74 valence electrons. The summed E-state index contributed by atoms with van der Waals surface area (Å²) in [6.07, 6.45) is 2.45. The normalized spacial score (nSPS) is 11.9. The molecule has 1 heterocycles. The van der Waals surface area contributed by atoms with Crippen LogP contribution in [0.4, 0.5) is 0 Å². The van der Waals surface area contributed by atoms with Gasteiger partial charge in [0.2, 0.25) is 0 Å². The van der Waals surface area contributed by atoms with Crippen molar-refractivity contribution in [3.63, 3.8) is 0 Å². The molecule has 1 aromatic heterocycles. The van der Waals surface area contributed by atoms with Crippen molar-refractivity contribution in [1.82, 2.24) is 4.98 Å². The number of hydrogen-bond donors (Lipinski definition) is 2. The lowest BCUT2D eigenvalue weighted by molar-refractivity contribution is 0.659. The molecule has 0 aliphatic rings. The lowest BCUT2D eigenvalue weighted by atomic mass is 10.1. The number of halogens is 2. The zero-order valence-corrected chi connectivity index (χ0v) is 8.68. The van der Waals surface area contributed by atoms with Crippen molar-refractivity contribution >= 4 is 24.0 Å². The third-order valence-corrected chi connectivity index (χ3v) is 1.88. The van der Waals surface area contributed by atoms with Crippen molar-refractivity contribution < 1.29 is 0 Å². The summed E-state index contributed by atoms with van der Waals surface area (Å²) in [4.78, 5) is 3.93. The van der Waals surface area contributed by atoms with Gasteiger partial charge in [-0.05, 0) is 24.6 Å². The minimum Gasteiger partial charge on any atom is -0.330 e. The summed E-state index contributed by atoms with van der Waals surface area (Å²) in [6.45, 7) is 0.587. The highest BCUT2D eigenvalue weighted by Crippen LogP contribution is 2.13. The first-order valence-corrected chi connectivity index (χ1v) is 4.19. The van der Waals surface area contributed by atoms with Gasteiger partial charge < -0.3 is 11.5 Å². The highest BCUT2D eigenvalue weighted by atomic mass is 35.5. The second-order valence-electron chi connectivity index (χ2n) is 2.60. The maximum Gasteiger partial charge on any atom is 0.129 e. The molecule has 0 aliphatic carbocycles. The van der Waals surface area contributed by atoms with Crippen LogP contribution in [0.3, 0.4) is 0 Å². The van der Waals surface area contributed by atoms with Crippen molar-refractivity contribution in [3.8, 4) is 0 Å². The topological polar surface area (TPSA) is 64.9 Å². The third kappa shape index (κ3) is 3.91. The van der Waals surface area contributed by atoms with Gasteiger partial charge in [-0.1, -0.05) is 17.7 Å². The summed E-state index contributed by atoms with van der Waals surface area (Å²) in [5, 5.41) is 0.485. The Morgan fingerprint density at radius 2 is 2.15 bits per heavy atom. The Morgan fingerprint density at radius 3 is 2.62 bits per heavy atom. The summed E-state index contributed by atoms with van der Waals surface area (Å²) < 4.78 is 0. The van der Waals surface area contributed by atoms with Gasteiger partial charge in [-0.15, -0.1) is 12.4 Å². The van der Waals surface area contributed by atoms with Crippen molar-refractivity contribution in [2.24, 2.45) is 11.5 Å². The van der Waals surface area contributed by atoms with Crippen LogP contribution in [0.2, 0.25) is 5.15 Å². The molecule has 1 aromatic rings. The summed E-state index contributed by atoms with van der Waals surface area (Å²) in [7, 11) is 0. The number of nitrogens with zero attached hydrogens (tertiary/aromatic N) is 1. The number of pyridine rings is 1. The monoisotopic (exact) mass is 221 g/mol. The van der Waals surface area contributed by atoms with Gasteiger partial charge in [0.05, 0.1) is 0 Å². The van der Waals surface area contributed by atoms with E-state index < -0.39 is 0 Å². The summed E-state index contributed by atoms with van der Waals surface area (Å²) in [5.74, 6) is 0. The van der Waals surface area contributed by atoms with E-state index in [-0.39, 0.29) is 18.4 Å². The summed E-state index contributed by atoms with van der Waals surface area (Å²) in [5.41, 5.74) is 12.1. The van der Waals surface area contributed by atoms with E-state index in [2.05, 4.69) is 4.98 Å². The van der Waals surface area contributed by atoms with Crippen molar-refractivity contribution in [3.05, 3.63) is 29.0 Å². The van der Waals surface area contributed by atoms with E-state index in [0.29, 0.717) is 11.7 Å². The molecule has 0 unspecified atom stereocenters. The van der Waals surface area contributed by atoms with E-state index in [1.807, 2.05) is 6.07 Å². The second-order valence-corrected chi connectivity index (χ2v) is 2.99. The van der Waals surface area contributed by atoms with Crippen LogP contribution in [0, 0.1) is 0 Å². The zero-order valence-electron chi connectivity index (χ0n) is 7.11. The zero-order chi connectivity index (χ0) is 8.97. The molecule has 0 saturated carbocycles. The molecule has 0 radical (unpaired) electrons. The molecule has 13 heavy (non-hydrogen) atoms. The van der Waals surface area contributed by atoms with Crippen LogP contribution in [0.1, 0.15) is 18.0 Å². The predicted molar refractivity (Wildman–Crippen MR) is 57.1 cm³/mol. The predicted octanol–water partition coefficient (Wildman–Crippen LogP) is 1.51. The maximum atomic E-state index is 5.79. The fraction of sp³-hybridized carbons (Fsp3) is 0.375. The van der Waals surface area contributed by atoms with Gasteiger partial charge >= 0.3 is 0 Å². The Morgan fingerprint density at radius 1 is 1.46 bits per heavy atom. The SMILES string of the molecule is Cl.NCC[C@@H](N)c1ccc(Cl)nc1. The lowest BCUT2D eigenvalue weighted by Gasteiger charge is -2.09. The molecule has 1 rings (SSSR count). The van der Waals surface area contributed by atoms with Crippen molar-refractivity contribution in [2.75, 3.05) is 6.54 Å². The van der Waals surface area contributed by atoms with E-state index in [1.54, 1.807) is 12.3 Å². The smallest absolute Gasteiger partial charge is 0.129 e. The summed E-state index contributed by atoms with van der Waals surface area (Å²) in [6, 6.07) is 3.57. The van der Waals surface area contributed by atoms with E-state index in [4.69, 9.17) is 23.1 Å². The minimum absolute atomic E-state index is 0. The third-order valence-electron chi connectivity index (χ3n) is 1.66. The minimum atomic E-state index is -0.0280. The molecular formula is C8H13Cl2N3. The molecule has 1 atom stereocenters. The summed E-state index contributed by atoms with van der Waals surface area (Å²) >= 11 is 5.62. The molecule has 0 spiro atoms. The largest absolute Gasteiger partial charge is 0.330 e.